The van der Waals surface area contributed by atoms with Crippen LogP contribution in [0.15, 0.2) is 17.1 Å². The lowest BCUT2D eigenvalue weighted by atomic mass is 10.1. The van der Waals surface area contributed by atoms with Crippen LogP contribution in [0.3, 0.4) is 0 Å². The zero-order valence-corrected chi connectivity index (χ0v) is 19.3. The van der Waals surface area contributed by atoms with Crippen molar-refractivity contribution in [2.45, 2.75) is 52.3 Å². The van der Waals surface area contributed by atoms with Gasteiger partial charge in [-0.2, -0.15) is 0 Å². The lowest BCUT2D eigenvalue weighted by molar-refractivity contribution is 0.0499. The van der Waals surface area contributed by atoms with Crippen LogP contribution in [0.4, 0.5) is 14.9 Å². The number of nitrogens with zero attached hydrogens (tertiary/aromatic N) is 2. The van der Waals surface area contributed by atoms with Crippen LogP contribution in [0, 0.1) is 11.7 Å². The Hall–Kier alpha value is -3.30. The van der Waals surface area contributed by atoms with Crippen molar-refractivity contribution in [2.75, 3.05) is 24.6 Å². The number of anilines is 1. The normalized spacial score (nSPS) is 22.2. The van der Waals surface area contributed by atoms with Gasteiger partial charge in [-0.1, -0.05) is 6.92 Å². The minimum Gasteiger partial charge on any atom is -0.487 e. The molecular formula is C23H28FN3O6. The number of rotatable bonds is 3. The molecule has 0 radical (unpaired) electrons. The van der Waals surface area contributed by atoms with Crippen molar-refractivity contribution in [3.05, 3.63) is 33.9 Å². The third kappa shape index (κ3) is 4.09. The van der Waals surface area contributed by atoms with E-state index in [2.05, 4.69) is 5.32 Å². The van der Waals surface area contributed by atoms with Crippen molar-refractivity contribution in [2.24, 2.45) is 5.92 Å². The number of benzene rings is 1. The molecule has 1 saturated heterocycles. The van der Waals surface area contributed by atoms with E-state index >= 15 is 4.39 Å². The highest BCUT2D eigenvalue weighted by atomic mass is 19.1. The maximum Gasteiger partial charge on any atom is 0.407 e. The molecule has 178 valence electrons. The monoisotopic (exact) mass is 461 g/mol. The molecule has 0 saturated carbocycles. The maximum atomic E-state index is 15.4. The van der Waals surface area contributed by atoms with Gasteiger partial charge in [-0.15, -0.1) is 0 Å². The Bertz CT molecular complexity index is 1200. The van der Waals surface area contributed by atoms with Crippen LogP contribution in [0.1, 0.15) is 51.0 Å². The molecule has 3 heterocycles. The van der Waals surface area contributed by atoms with Gasteiger partial charge < -0.3 is 29.4 Å². The van der Waals surface area contributed by atoms with E-state index in [1.54, 1.807) is 30.2 Å². The maximum absolute atomic E-state index is 15.4. The van der Waals surface area contributed by atoms with Gasteiger partial charge in [0, 0.05) is 19.3 Å². The molecule has 3 atom stereocenters. The van der Waals surface area contributed by atoms with Gasteiger partial charge in [-0.3, -0.25) is 4.79 Å². The molecule has 2 aliphatic heterocycles. The summed E-state index contributed by atoms with van der Waals surface area (Å²) in [6.07, 6.45) is 0.756. The first-order chi connectivity index (χ1) is 15.4. The highest BCUT2D eigenvalue weighted by Crippen LogP contribution is 2.43. The average Bonchev–Trinajstić information content (AvgIpc) is 3.03. The van der Waals surface area contributed by atoms with Crippen LogP contribution in [0.5, 0.6) is 5.75 Å². The van der Waals surface area contributed by atoms with Crippen molar-refractivity contribution in [3.8, 4) is 5.75 Å². The van der Waals surface area contributed by atoms with Gasteiger partial charge in [0.1, 0.15) is 23.5 Å². The molecule has 4 rings (SSSR count). The summed E-state index contributed by atoms with van der Waals surface area (Å²) in [4.78, 5) is 38.3. The number of alkyl carbamates (subject to hydrolysis) is 1. The smallest absolute Gasteiger partial charge is 0.407 e. The Labute approximate surface area is 190 Å². The highest BCUT2D eigenvalue weighted by Gasteiger charge is 2.37. The third-order valence-corrected chi connectivity index (χ3v) is 6.00. The van der Waals surface area contributed by atoms with Gasteiger partial charge in [-0.25, -0.2) is 14.0 Å². The zero-order valence-electron chi connectivity index (χ0n) is 19.3. The first-order valence-electron chi connectivity index (χ1n) is 10.9. The number of halogens is 1. The third-order valence-electron chi connectivity index (χ3n) is 6.00. The predicted molar refractivity (Wildman–Crippen MR) is 120 cm³/mol. The van der Waals surface area contributed by atoms with Gasteiger partial charge in [0.2, 0.25) is 5.43 Å². The van der Waals surface area contributed by atoms with Crippen molar-refractivity contribution >= 4 is 28.7 Å². The fourth-order valence-electron chi connectivity index (χ4n) is 4.45. The van der Waals surface area contributed by atoms with Crippen molar-refractivity contribution in [1.29, 1.82) is 0 Å². The van der Waals surface area contributed by atoms with E-state index in [4.69, 9.17) is 9.47 Å². The number of carboxylic acid groups (broad SMARTS) is 1. The first kappa shape index (κ1) is 22.9. The predicted octanol–water partition coefficient (Wildman–Crippen LogP) is 3.14. The minimum absolute atomic E-state index is 0.00101. The Morgan fingerprint density at radius 2 is 1.97 bits per heavy atom. The molecule has 10 heteroatoms. The summed E-state index contributed by atoms with van der Waals surface area (Å²) in [6.45, 7) is 10.1. The van der Waals surface area contributed by atoms with E-state index in [1.807, 2.05) is 13.8 Å². The summed E-state index contributed by atoms with van der Waals surface area (Å²) in [7, 11) is 0. The summed E-state index contributed by atoms with van der Waals surface area (Å²) in [5.41, 5.74) is -1.23. The summed E-state index contributed by atoms with van der Waals surface area (Å²) in [6, 6.07) is 0.567. The molecule has 2 N–H and O–H groups in total. The molecule has 1 aromatic heterocycles. The number of hydrogen-bond donors (Lipinski definition) is 2. The molecule has 0 aliphatic carbocycles. The minimum atomic E-state index is -1.36. The van der Waals surface area contributed by atoms with Crippen LogP contribution < -0.4 is 20.4 Å². The fourth-order valence-corrected chi connectivity index (χ4v) is 4.45. The molecule has 0 unspecified atom stereocenters. The summed E-state index contributed by atoms with van der Waals surface area (Å²) < 4.78 is 28.3. The second-order valence-electron chi connectivity index (χ2n) is 9.81. The van der Waals surface area contributed by atoms with Crippen LogP contribution in [0.2, 0.25) is 0 Å². The number of amides is 1. The molecule has 1 fully saturated rings. The zero-order chi connectivity index (χ0) is 24.2. The van der Waals surface area contributed by atoms with Gasteiger partial charge >= 0.3 is 12.1 Å². The van der Waals surface area contributed by atoms with Crippen LogP contribution in [-0.2, 0) is 4.74 Å². The molecule has 1 aromatic carbocycles. The van der Waals surface area contributed by atoms with E-state index < -0.39 is 34.5 Å². The van der Waals surface area contributed by atoms with E-state index in [0.29, 0.717) is 18.6 Å². The molecule has 0 spiro atoms. The van der Waals surface area contributed by atoms with Gasteiger partial charge in [0.25, 0.3) is 0 Å². The summed E-state index contributed by atoms with van der Waals surface area (Å²) in [5, 5.41) is 12.2. The molecular weight excluding hydrogens is 433 g/mol. The fraction of sp³-hybridized carbons (Fsp3) is 0.522. The SMILES string of the molecule is C[C@H]1CN(c2c(F)cc3c(=O)c(C(=O)O)cn4c3c2OC[C@@H]4C)C[C@H]1NC(=O)OC(C)(C)C. The van der Waals surface area contributed by atoms with Crippen molar-refractivity contribution < 1.29 is 28.6 Å². The second-order valence-corrected chi connectivity index (χ2v) is 9.81. The Morgan fingerprint density at radius 1 is 1.27 bits per heavy atom. The van der Waals surface area contributed by atoms with E-state index in [0.717, 1.165) is 6.07 Å². The van der Waals surface area contributed by atoms with Crippen molar-refractivity contribution in [1.82, 2.24) is 9.88 Å². The largest absolute Gasteiger partial charge is 0.487 e. The molecule has 33 heavy (non-hydrogen) atoms. The van der Waals surface area contributed by atoms with Gasteiger partial charge in [0.15, 0.2) is 11.6 Å². The number of pyridine rings is 1. The lowest BCUT2D eigenvalue weighted by Gasteiger charge is -2.31. The van der Waals surface area contributed by atoms with Gasteiger partial charge in [-0.05, 0) is 39.7 Å². The van der Waals surface area contributed by atoms with Crippen LogP contribution in [0.25, 0.3) is 10.9 Å². The van der Waals surface area contributed by atoms with E-state index in [1.165, 1.54) is 6.20 Å². The van der Waals surface area contributed by atoms with Crippen molar-refractivity contribution in [3.63, 3.8) is 0 Å². The highest BCUT2D eigenvalue weighted by molar-refractivity contribution is 5.97. The number of aromatic carboxylic acids is 1. The number of carboxylic acids is 1. The molecule has 2 aromatic rings. The molecule has 2 aliphatic rings. The summed E-state index contributed by atoms with van der Waals surface area (Å²) >= 11 is 0. The molecule has 9 nitrogen and oxygen atoms in total. The number of nitrogens with one attached hydrogen (secondary N) is 1. The van der Waals surface area contributed by atoms with Crippen LogP contribution in [-0.4, -0.2) is 53.1 Å². The number of aromatic nitrogens is 1. The first-order valence-corrected chi connectivity index (χ1v) is 10.9. The van der Waals surface area contributed by atoms with E-state index in [9.17, 15) is 19.5 Å². The summed E-state index contributed by atoms with van der Waals surface area (Å²) in [5.74, 6) is -1.83. The Balaban J connectivity index is 1.75. The number of ether oxygens (including phenoxy) is 2. The quantitative estimate of drug-likeness (QED) is 0.723. The van der Waals surface area contributed by atoms with Gasteiger partial charge in [0.05, 0.1) is 23.0 Å². The Morgan fingerprint density at radius 3 is 2.61 bits per heavy atom. The number of hydrogen-bond acceptors (Lipinski definition) is 6. The topological polar surface area (TPSA) is 110 Å². The average molecular weight is 461 g/mol. The van der Waals surface area contributed by atoms with Crippen LogP contribution >= 0.6 is 0 Å². The lowest BCUT2D eigenvalue weighted by Crippen LogP contribution is -2.42. The Kier molecular flexibility index (Phi) is 5.50. The number of carbonyl (C=O) groups is 2. The molecule has 0 bridgehead atoms. The second kappa shape index (κ2) is 7.93. The molecule has 1 amide bonds. The van der Waals surface area contributed by atoms with E-state index in [-0.39, 0.29) is 41.4 Å². The number of carbonyl (C=O) groups excluding carboxylic acids is 1. The standard InChI is InChI=1S/C23H28FN3O6/c1-11-7-26(9-16(11)25-22(31)33-23(3,4)5)18-15(24)6-13-17-20(18)32-10-12(2)27(17)8-14(19(13)28)21(29)30/h6,8,11-12,16H,7,9-10H2,1-5H3,(H,25,31)(H,29,30)/t11-,12-,16+/m0/s1.